The SMILES string of the molecule is COCC(C)N(Cc1cc(OC)cc(OC)c1)C(=O)CCCC(C)=O. The first-order valence-electron chi connectivity index (χ1n) is 8.41. The summed E-state index contributed by atoms with van der Waals surface area (Å²) in [5, 5.41) is 0. The smallest absolute Gasteiger partial charge is 0.223 e. The van der Waals surface area contributed by atoms with Crippen molar-refractivity contribution < 1.29 is 23.8 Å². The molecule has 1 unspecified atom stereocenters. The van der Waals surface area contributed by atoms with E-state index in [4.69, 9.17) is 14.2 Å². The molecular formula is C19H29NO5. The molecule has 1 aromatic rings. The molecule has 6 heteroatoms. The third-order valence-electron chi connectivity index (χ3n) is 3.94. The Morgan fingerprint density at radius 3 is 2.12 bits per heavy atom. The van der Waals surface area contributed by atoms with Crippen molar-refractivity contribution in [1.29, 1.82) is 0 Å². The summed E-state index contributed by atoms with van der Waals surface area (Å²) < 4.78 is 15.8. The minimum absolute atomic E-state index is 0.00702. The van der Waals surface area contributed by atoms with E-state index in [1.165, 1.54) is 6.92 Å². The molecule has 0 bridgehead atoms. The fourth-order valence-electron chi connectivity index (χ4n) is 2.61. The molecular weight excluding hydrogens is 322 g/mol. The van der Waals surface area contributed by atoms with Crippen LogP contribution in [0.25, 0.3) is 0 Å². The molecule has 0 aromatic heterocycles. The highest BCUT2D eigenvalue weighted by Gasteiger charge is 2.21. The van der Waals surface area contributed by atoms with Gasteiger partial charge in [-0.05, 0) is 38.0 Å². The Bertz CT molecular complexity index is 551. The molecule has 6 nitrogen and oxygen atoms in total. The third kappa shape index (κ3) is 7.13. The number of rotatable bonds is 11. The molecule has 1 amide bonds. The summed E-state index contributed by atoms with van der Waals surface area (Å²) in [5.41, 5.74) is 0.916. The number of hydrogen-bond donors (Lipinski definition) is 0. The van der Waals surface area contributed by atoms with Crippen LogP contribution in [-0.2, 0) is 20.9 Å². The molecule has 0 saturated carbocycles. The van der Waals surface area contributed by atoms with Gasteiger partial charge in [0.05, 0.1) is 26.9 Å². The van der Waals surface area contributed by atoms with Crippen molar-refractivity contribution in [3.05, 3.63) is 23.8 Å². The average Bonchev–Trinajstić information content (AvgIpc) is 2.58. The normalized spacial score (nSPS) is 11.7. The van der Waals surface area contributed by atoms with Crippen LogP contribution in [0.4, 0.5) is 0 Å². The Kier molecular flexibility index (Phi) is 8.99. The second-order valence-corrected chi connectivity index (χ2v) is 6.10. The minimum Gasteiger partial charge on any atom is -0.497 e. The molecule has 1 aromatic carbocycles. The van der Waals surface area contributed by atoms with Gasteiger partial charge >= 0.3 is 0 Å². The van der Waals surface area contributed by atoms with Gasteiger partial charge in [-0.3, -0.25) is 4.79 Å². The van der Waals surface area contributed by atoms with Gasteiger partial charge in [-0.1, -0.05) is 0 Å². The number of ether oxygens (including phenoxy) is 3. The first-order chi connectivity index (χ1) is 11.9. The minimum atomic E-state index is -0.0768. The predicted octanol–water partition coefficient (Wildman–Crippen LogP) is 2.83. The van der Waals surface area contributed by atoms with Crippen molar-refractivity contribution >= 4 is 11.7 Å². The molecule has 0 saturated heterocycles. The molecule has 0 aliphatic rings. The Labute approximate surface area is 150 Å². The Hall–Kier alpha value is -2.08. The van der Waals surface area contributed by atoms with E-state index >= 15 is 0 Å². The highest BCUT2D eigenvalue weighted by atomic mass is 16.5. The summed E-state index contributed by atoms with van der Waals surface area (Å²) in [6.45, 7) is 4.36. The molecule has 1 rings (SSSR count). The molecule has 0 heterocycles. The van der Waals surface area contributed by atoms with Crippen LogP contribution in [0.1, 0.15) is 38.7 Å². The molecule has 0 aliphatic heterocycles. The number of nitrogens with zero attached hydrogens (tertiary/aromatic N) is 1. The van der Waals surface area contributed by atoms with E-state index in [1.54, 1.807) is 32.3 Å². The average molecular weight is 351 g/mol. The van der Waals surface area contributed by atoms with Crippen molar-refractivity contribution in [3.63, 3.8) is 0 Å². The molecule has 25 heavy (non-hydrogen) atoms. The van der Waals surface area contributed by atoms with Gasteiger partial charge in [0.1, 0.15) is 17.3 Å². The maximum Gasteiger partial charge on any atom is 0.223 e. The number of Topliss-reactive ketones (excluding diaryl/α,β-unsaturated/α-hetero) is 1. The first kappa shape index (κ1) is 21.0. The van der Waals surface area contributed by atoms with Gasteiger partial charge in [0.25, 0.3) is 0 Å². The summed E-state index contributed by atoms with van der Waals surface area (Å²) in [6, 6.07) is 5.49. The first-order valence-corrected chi connectivity index (χ1v) is 8.41. The second kappa shape index (κ2) is 10.7. The molecule has 1 atom stereocenters. The van der Waals surface area contributed by atoms with Crippen molar-refractivity contribution in [3.8, 4) is 11.5 Å². The van der Waals surface area contributed by atoms with E-state index in [2.05, 4.69) is 0 Å². The lowest BCUT2D eigenvalue weighted by molar-refractivity contribution is -0.135. The lowest BCUT2D eigenvalue weighted by Crippen LogP contribution is -2.40. The molecule has 0 spiro atoms. The van der Waals surface area contributed by atoms with Gasteiger partial charge < -0.3 is 23.9 Å². The van der Waals surface area contributed by atoms with Crippen molar-refractivity contribution in [2.45, 2.75) is 45.7 Å². The van der Waals surface area contributed by atoms with E-state index in [9.17, 15) is 9.59 Å². The number of carbonyl (C=O) groups excluding carboxylic acids is 2. The fraction of sp³-hybridized carbons (Fsp3) is 0.579. The molecule has 0 fully saturated rings. The number of methoxy groups -OCH3 is 3. The number of carbonyl (C=O) groups is 2. The standard InChI is InChI=1S/C19H29NO5/c1-14(13-23-3)20(19(22)8-6-7-15(2)21)12-16-9-17(24-4)11-18(10-16)25-5/h9-11,14H,6-8,12-13H2,1-5H3. The fourth-order valence-corrected chi connectivity index (χ4v) is 2.61. The summed E-state index contributed by atoms with van der Waals surface area (Å²) in [7, 11) is 4.80. The van der Waals surface area contributed by atoms with Crippen LogP contribution in [-0.4, -0.2) is 50.6 Å². The number of hydrogen-bond acceptors (Lipinski definition) is 5. The Morgan fingerprint density at radius 2 is 1.64 bits per heavy atom. The summed E-state index contributed by atoms with van der Waals surface area (Å²) in [6.07, 6.45) is 1.33. The summed E-state index contributed by atoms with van der Waals surface area (Å²) in [5.74, 6) is 1.46. The van der Waals surface area contributed by atoms with Crippen molar-refractivity contribution in [1.82, 2.24) is 4.90 Å². The topological polar surface area (TPSA) is 65.1 Å². The van der Waals surface area contributed by atoms with Crippen LogP contribution in [0.3, 0.4) is 0 Å². The van der Waals surface area contributed by atoms with Crippen LogP contribution in [0.5, 0.6) is 11.5 Å². The molecule has 0 N–H and O–H groups in total. The number of amides is 1. The van der Waals surface area contributed by atoms with Crippen molar-refractivity contribution in [2.24, 2.45) is 0 Å². The van der Waals surface area contributed by atoms with Gasteiger partial charge in [-0.25, -0.2) is 0 Å². The van der Waals surface area contributed by atoms with E-state index in [0.717, 1.165) is 5.56 Å². The maximum atomic E-state index is 12.7. The van der Waals surface area contributed by atoms with Gasteiger partial charge in [0, 0.05) is 32.6 Å². The second-order valence-electron chi connectivity index (χ2n) is 6.10. The monoisotopic (exact) mass is 351 g/mol. The lowest BCUT2D eigenvalue weighted by atomic mass is 10.1. The Morgan fingerprint density at radius 1 is 1.04 bits per heavy atom. The molecule has 140 valence electrons. The van der Waals surface area contributed by atoms with Gasteiger partial charge in [0.2, 0.25) is 5.91 Å². The van der Waals surface area contributed by atoms with Gasteiger partial charge in [0.15, 0.2) is 0 Å². The van der Waals surface area contributed by atoms with Crippen LogP contribution in [0, 0.1) is 0 Å². The zero-order valence-corrected chi connectivity index (χ0v) is 15.8. The zero-order valence-electron chi connectivity index (χ0n) is 15.8. The number of ketones is 1. The predicted molar refractivity (Wildman–Crippen MR) is 96.0 cm³/mol. The zero-order chi connectivity index (χ0) is 18.8. The van der Waals surface area contributed by atoms with E-state index in [1.807, 2.05) is 19.1 Å². The Balaban J connectivity index is 2.92. The third-order valence-corrected chi connectivity index (χ3v) is 3.94. The largest absolute Gasteiger partial charge is 0.497 e. The van der Waals surface area contributed by atoms with Crippen LogP contribution < -0.4 is 9.47 Å². The quantitative estimate of drug-likeness (QED) is 0.613. The van der Waals surface area contributed by atoms with Crippen LogP contribution in [0.15, 0.2) is 18.2 Å². The molecule has 0 radical (unpaired) electrons. The summed E-state index contributed by atoms with van der Waals surface area (Å²) >= 11 is 0. The van der Waals surface area contributed by atoms with Crippen LogP contribution in [0.2, 0.25) is 0 Å². The summed E-state index contributed by atoms with van der Waals surface area (Å²) in [4.78, 5) is 25.5. The number of benzene rings is 1. The van der Waals surface area contributed by atoms with Gasteiger partial charge in [-0.2, -0.15) is 0 Å². The van der Waals surface area contributed by atoms with E-state index in [0.29, 0.717) is 43.9 Å². The lowest BCUT2D eigenvalue weighted by Gasteiger charge is -2.29. The van der Waals surface area contributed by atoms with Gasteiger partial charge in [-0.15, -0.1) is 0 Å². The highest BCUT2D eigenvalue weighted by molar-refractivity contribution is 5.79. The maximum absolute atomic E-state index is 12.7. The molecule has 0 aliphatic carbocycles. The van der Waals surface area contributed by atoms with E-state index < -0.39 is 0 Å². The van der Waals surface area contributed by atoms with Crippen molar-refractivity contribution in [2.75, 3.05) is 27.9 Å². The van der Waals surface area contributed by atoms with Crippen LogP contribution >= 0.6 is 0 Å². The highest BCUT2D eigenvalue weighted by Crippen LogP contribution is 2.24. The van der Waals surface area contributed by atoms with E-state index in [-0.39, 0.29) is 17.7 Å².